The van der Waals surface area contributed by atoms with E-state index in [4.69, 9.17) is 14.0 Å². The molecule has 0 bridgehead atoms. The number of unbranched alkanes of at least 4 members (excludes halogenated alkanes) is 15. The zero-order valence-corrected chi connectivity index (χ0v) is 31.4. The number of hydrogen-bond acceptors (Lipinski definition) is 3. The first-order valence-corrected chi connectivity index (χ1v) is 19.6. The van der Waals surface area contributed by atoms with E-state index in [0.29, 0.717) is 11.5 Å². The highest BCUT2D eigenvalue weighted by atomic mass is 16.7. The first kappa shape index (κ1) is 39.1. The van der Waals surface area contributed by atoms with Crippen LogP contribution in [0.25, 0.3) is 11.1 Å². The third-order valence-electron chi connectivity index (χ3n) is 9.58. The standard InChI is InChI=1S/C45H63BNO3/c1-4-5-6-7-8-9-10-11-12-13-14-15-16-17-18-29-38-47(2,3)39-40-30-25-26-35-43(40)44-36-27-28-37-45(44)50-46(48-41-31-21-19-22-32-41)49-42-33-23-20-24-34-42/h19-28,30-37H,4-18,29,38-39H2,1-3H3/q+1. The Hall–Kier alpha value is -3.70. The number of nitrogens with zero attached hydrogens (tertiary/aromatic N) is 1. The van der Waals surface area contributed by atoms with Crippen LogP contribution in [0.5, 0.6) is 17.2 Å². The minimum absolute atomic E-state index is 0.680. The summed E-state index contributed by atoms with van der Waals surface area (Å²) in [4.78, 5) is 0. The van der Waals surface area contributed by atoms with E-state index in [1.165, 1.54) is 120 Å². The molecule has 50 heavy (non-hydrogen) atoms. The molecule has 0 aromatic heterocycles. The topological polar surface area (TPSA) is 27.7 Å². The minimum Gasteiger partial charge on any atom is -0.490 e. The number of benzene rings is 4. The van der Waals surface area contributed by atoms with Crippen LogP contribution in [0.3, 0.4) is 0 Å². The van der Waals surface area contributed by atoms with Crippen molar-refractivity contribution in [2.75, 3.05) is 20.6 Å². The van der Waals surface area contributed by atoms with Gasteiger partial charge in [0.25, 0.3) is 0 Å². The predicted molar refractivity (Wildman–Crippen MR) is 213 cm³/mol. The van der Waals surface area contributed by atoms with Gasteiger partial charge in [0.2, 0.25) is 0 Å². The van der Waals surface area contributed by atoms with Crippen molar-refractivity contribution in [3.8, 4) is 28.4 Å². The summed E-state index contributed by atoms with van der Waals surface area (Å²) in [6.07, 6.45) is 22.4. The fraction of sp³-hybridized carbons (Fsp3) is 0.467. The lowest BCUT2D eigenvalue weighted by Crippen LogP contribution is -2.39. The zero-order chi connectivity index (χ0) is 35.1. The molecule has 0 N–H and O–H groups in total. The molecule has 4 aromatic rings. The third kappa shape index (κ3) is 15.0. The van der Waals surface area contributed by atoms with Crippen molar-refractivity contribution in [3.63, 3.8) is 0 Å². The summed E-state index contributed by atoms with van der Waals surface area (Å²) in [7, 11) is 3.76. The molecule has 0 spiro atoms. The highest BCUT2D eigenvalue weighted by Gasteiger charge is 2.31. The van der Waals surface area contributed by atoms with E-state index in [-0.39, 0.29) is 0 Å². The van der Waals surface area contributed by atoms with E-state index in [1.807, 2.05) is 72.8 Å². The maximum absolute atomic E-state index is 6.51. The van der Waals surface area contributed by atoms with Crippen LogP contribution in [-0.2, 0) is 6.54 Å². The van der Waals surface area contributed by atoms with E-state index in [0.717, 1.165) is 22.3 Å². The molecule has 0 aliphatic rings. The lowest BCUT2D eigenvalue weighted by Gasteiger charge is -2.31. The van der Waals surface area contributed by atoms with Gasteiger partial charge >= 0.3 is 7.32 Å². The highest BCUT2D eigenvalue weighted by molar-refractivity contribution is 6.39. The fourth-order valence-corrected chi connectivity index (χ4v) is 6.74. The smallest absolute Gasteiger partial charge is 0.490 e. The van der Waals surface area contributed by atoms with Gasteiger partial charge in [-0.2, -0.15) is 0 Å². The van der Waals surface area contributed by atoms with E-state index in [1.54, 1.807) is 0 Å². The van der Waals surface area contributed by atoms with Gasteiger partial charge in [-0.3, -0.25) is 0 Å². The summed E-state index contributed by atoms with van der Waals surface area (Å²) in [5.74, 6) is 2.08. The first-order chi connectivity index (χ1) is 24.5. The van der Waals surface area contributed by atoms with Crippen LogP contribution >= 0.6 is 0 Å². The van der Waals surface area contributed by atoms with Crippen molar-refractivity contribution in [1.82, 2.24) is 0 Å². The van der Waals surface area contributed by atoms with Gasteiger partial charge < -0.3 is 18.4 Å². The Labute approximate surface area is 305 Å². The van der Waals surface area contributed by atoms with Crippen LogP contribution in [0, 0.1) is 0 Å². The van der Waals surface area contributed by atoms with Crippen molar-refractivity contribution >= 4 is 7.32 Å². The summed E-state index contributed by atoms with van der Waals surface area (Å²) in [6.45, 7) is 4.42. The van der Waals surface area contributed by atoms with Crippen molar-refractivity contribution < 1.29 is 18.4 Å². The molecule has 0 aliphatic heterocycles. The summed E-state index contributed by atoms with van der Waals surface area (Å²) in [6, 6.07) is 36.3. The maximum Gasteiger partial charge on any atom is 0.864 e. The molecular formula is C45H63BNO3+. The zero-order valence-electron chi connectivity index (χ0n) is 31.4. The minimum atomic E-state index is -0.963. The van der Waals surface area contributed by atoms with Gasteiger partial charge in [-0.05, 0) is 48.7 Å². The summed E-state index contributed by atoms with van der Waals surface area (Å²) in [5, 5.41) is 0. The van der Waals surface area contributed by atoms with E-state index in [2.05, 4.69) is 57.4 Å². The molecule has 4 aromatic carbocycles. The van der Waals surface area contributed by atoms with Gasteiger partial charge in [-0.15, -0.1) is 0 Å². The molecule has 4 rings (SSSR count). The Morgan fingerprint density at radius 1 is 0.440 bits per heavy atom. The van der Waals surface area contributed by atoms with Crippen LogP contribution in [0.2, 0.25) is 0 Å². The Morgan fingerprint density at radius 2 is 0.860 bits per heavy atom. The van der Waals surface area contributed by atoms with Crippen molar-refractivity contribution in [2.45, 2.75) is 116 Å². The molecule has 0 unspecified atom stereocenters. The van der Waals surface area contributed by atoms with Gasteiger partial charge in [-0.25, -0.2) is 0 Å². The average Bonchev–Trinajstić information content (AvgIpc) is 3.13. The molecular weight excluding hydrogens is 613 g/mol. The molecule has 0 heterocycles. The van der Waals surface area contributed by atoms with Gasteiger partial charge in [0.05, 0.1) is 20.6 Å². The van der Waals surface area contributed by atoms with Gasteiger partial charge in [-0.1, -0.05) is 176 Å². The number of rotatable bonds is 26. The number of hydrogen-bond donors (Lipinski definition) is 0. The molecule has 0 saturated heterocycles. The van der Waals surface area contributed by atoms with Crippen LogP contribution in [0.4, 0.5) is 0 Å². The molecule has 268 valence electrons. The third-order valence-corrected chi connectivity index (χ3v) is 9.58. The fourth-order valence-electron chi connectivity index (χ4n) is 6.74. The molecule has 0 saturated carbocycles. The van der Waals surface area contributed by atoms with Crippen LogP contribution in [0.1, 0.15) is 115 Å². The Bertz CT molecular complexity index is 1400. The monoisotopic (exact) mass is 676 g/mol. The van der Waals surface area contributed by atoms with E-state index >= 15 is 0 Å². The van der Waals surface area contributed by atoms with Crippen molar-refractivity contribution in [1.29, 1.82) is 0 Å². The normalized spacial score (nSPS) is 11.3. The van der Waals surface area contributed by atoms with Crippen LogP contribution in [-0.4, -0.2) is 32.4 Å². The summed E-state index contributed by atoms with van der Waals surface area (Å²) < 4.78 is 19.9. The molecule has 0 amide bonds. The quantitative estimate of drug-likeness (QED) is 0.0376. The van der Waals surface area contributed by atoms with Crippen LogP contribution < -0.4 is 14.0 Å². The van der Waals surface area contributed by atoms with Gasteiger partial charge in [0, 0.05) is 11.1 Å². The molecule has 0 atom stereocenters. The van der Waals surface area contributed by atoms with Gasteiger partial charge in [0.1, 0.15) is 23.8 Å². The second-order valence-electron chi connectivity index (χ2n) is 14.5. The van der Waals surface area contributed by atoms with Crippen molar-refractivity contribution in [2.24, 2.45) is 0 Å². The highest BCUT2D eigenvalue weighted by Crippen LogP contribution is 2.34. The number of para-hydroxylation sites is 3. The molecule has 0 aliphatic carbocycles. The molecule has 0 radical (unpaired) electrons. The van der Waals surface area contributed by atoms with Gasteiger partial charge in [0.15, 0.2) is 0 Å². The largest absolute Gasteiger partial charge is 0.864 e. The predicted octanol–water partition coefficient (Wildman–Crippen LogP) is 12.7. The second-order valence-corrected chi connectivity index (χ2v) is 14.5. The second kappa shape index (κ2) is 22.9. The van der Waals surface area contributed by atoms with E-state index < -0.39 is 7.32 Å². The Balaban J connectivity index is 1.24. The number of quaternary nitrogens is 1. The maximum atomic E-state index is 6.51. The lowest BCUT2D eigenvalue weighted by molar-refractivity contribution is -0.903. The average molecular weight is 677 g/mol. The lowest BCUT2D eigenvalue weighted by atomic mass is 9.97. The summed E-state index contributed by atoms with van der Waals surface area (Å²) in [5.41, 5.74) is 3.53. The Morgan fingerprint density at radius 3 is 1.38 bits per heavy atom. The Kier molecular flexibility index (Phi) is 17.9. The SMILES string of the molecule is CCCCCCCCCCCCCCCCCC[N+](C)(C)Cc1ccccc1-c1ccccc1OB(Oc1ccccc1)Oc1ccccc1. The molecule has 5 heteroatoms. The van der Waals surface area contributed by atoms with Crippen molar-refractivity contribution in [3.05, 3.63) is 115 Å². The molecule has 4 nitrogen and oxygen atoms in total. The molecule has 0 fully saturated rings. The van der Waals surface area contributed by atoms with E-state index in [9.17, 15) is 0 Å². The first-order valence-electron chi connectivity index (χ1n) is 19.6. The summed E-state index contributed by atoms with van der Waals surface area (Å²) >= 11 is 0. The van der Waals surface area contributed by atoms with Crippen LogP contribution in [0.15, 0.2) is 109 Å².